The van der Waals surface area contributed by atoms with E-state index in [4.69, 9.17) is 4.74 Å². The van der Waals surface area contributed by atoms with Crippen molar-refractivity contribution in [2.45, 2.75) is 18.8 Å². The summed E-state index contributed by atoms with van der Waals surface area (Å²) in [6.07, 6.45) is 3.92. The topological polar surface area (TPSA) is 59.7 Å². The Morgan fingerprint density at radius 3 is 2.68 bits per heavy atom. The molecule has 31 heavy (non-hydrogen) atoms. The predicted octanol–water partition coefficient (Wildman–Crippen LogP) is 4.18. The summed E-state index contributed by atoms with van der Waals surface area (Å²) in [4.78, 5) is 14.8. The van der Waals surface area contributed by atoms with Crippen LogP contribution in [0.5, 0.6) is 5.75 Å². The average molecular weight is 412 g/mol. The number of carbonyl (C=O) groups is 1. The Morgan fingerprint density at radius 2 is 1.77 bits per heavy atom. The molecule has 0 bridgehead atoms. The maximum absolute atomic E-state index is 13.0. The van der Waals surface area contributed by atoms with Crippen molar-refractivity contribution >= 4 is 11.6 Å². The monoisotopic (exact) mass is 412 g/mol. The molecule has 6 heteroatoms. The molecule has 0 unspecified atom stereocenters. The number of fused-ring (bicyclic) bond motifs is 1. The molecule has 1 fully saturated rings. The summed E-state index contributed by atoms with van der Waals surface area (Å²) in [7, 11) is 0. The van der Waals surface area contributed by atoms with Gasteiger partial charge in [-0.25, -0.2) is 0 Å². The van der Waals surface area contributed by atoms with Crippen LogP contribution >= 0.6 is 0 Å². The number of piperidine rings is 1. The van der Waals surface area contributed by atoms with Crippen LogP contribution in [0.15, 0.2) is 79.0 Å². The summed E-state index contributed by atoms with van der Waals surface area (Å²) in [5.74, 6) is 1.82. The first-order valence-corrected chi connectivity index (χ1v) is 10.6. The number of likely N-dealkylation sites (tertiary alicyclic amines) is 1. The quantitative estimate of drug-likeness (QED) is 0.493. The number of pyridine rings is 1. The molecule has 0 spiro atoms. The van der Waals surface area contributed by atoms with Crippen molar-refractivity contribution in [2.24, 2.45) is 0 Å². The smallest absolute Gasteiger partial charge is 0.260 e. The standard InChI is InChI=1S/C25H24N4O2/c30-24(18-31-22-13-5-4-12-21(22)19-9-2-1-3-10-19)28-15-8-11-20(17-28)25-27-26-23-14-6-7-16-29(23)25/h1-7,9-10,12-14,16,20H,8,11,15,17-18H2/t20-/m0/s1. The van der Waals surface area contributed by atoms with E-state index in [2.05, 4.69) is 10.2 Å². The Morgan fingerprint density at radius 1 is 0.968 bits per heavy atom. The van der Waals surface area contributed by atoms with Gasteiger partial charge in [0, 0.05) is 30.8 Å². The highest BCUT2D eigenvalue weighted by atomic mass is 16.5. The number of carbonyl (C=O) groups excluding carboxylic acids is 1. The van der Waals surface area contributed by atoms with Crippen molar-refractivity contribution in [1.29, 1.82) is 0 Å². The lowest BCUT2D eigenvalue weighted by Gasteiger charge is -2.32. The molecule has 0 N–H and O–H groups in total. The van der Waals surface area contributed by atoms with Gasteiger partial charge in [0.2, 0.25) is 0 Å². The third-order valence-corrected chi connectivity index (χ3v) is 5.80. The van der Waals surface area contributed by atoms with Crippen molar-refractivity contribution in [3.05, 3.63) is 84.8 Å². The Kier molecular flexibility index (Phi) is 5.35. The van der Waals surface area contributed by atoms with E-state index in [0.29, 0.717) is 6.54 Å². The number of para-hydroxylation sites is 1. The van der Waals surface area contributed by atoms with Crippen LogP contribution in [0.1, 0.15) is 24.6 Å². The summed E-state index contributed by atoms with van der Waals surface area (Å²) in [5, 5.41) is 8.66. The number of ether oxygens (including phenoxy) is 1. The summed E-state index contributed by atoms with van der Waals surface area (Å²) >= 11 is 0. The maximum Gasteiger partial charge on any atom is 0.260 e. The lowest BCUT2D eigenvalue weighted by Crippen LogP contribution is -2.42. The summed E-state index contributed by atoms with van der Waals surface area (Å²) in [5.41, 5.74) is 2.89. The molecule has 6 nitrogen and oxygen atoms in total. The van der Waals surface area contributed by atoms with E-state index in [9.17, 15) is 4.79 Å². The minimum Gasteiger partial charge on any atom is -0.483 e. The highest BCUT2D eigenvalue weighted by molar-refractivity contribution is 5.78. The van der Waals surface area contributed by atoms with Gasteiger partial charge in [0.05, 0.1) is 0 Å². The van der Waals surface area contributed by atoms with E-state index in [1.165, 1.54) is 0 Å². The molecule has 1 atom stereocenters. The summed E-state index contributed by atoms with van der Waals surface area (Å²) < 4.78 is 8.00. The van der Waals surface area contributed by atoms with Crippen LogP contribution in [0, 0.1) is 0 Å². The largest absolute Gasteiger partial charge is 0.483 e. The molecule has 0 saturated carbocycles. The summed E-state index contributed by atoms with van der Waals surface area (Å²) in [6.45, 7) is 1.41. The highest BCUT2D eigenvalue weighted by Crippen LogP contribution is 2.30. The molecular weight excluding hydrogens is 388 g/mol. The molecular formula is C25H24N4O2. The molecule has 1 saturated heterocycles. The van der Waals surface area contributed by atoms with Crippen LogP contribution in [0.25, 0.3) is 16.8 Å². The van der Waals surface area contributed by atoms with Crippen molar-refractivity contribution in [3.8, 4) is 16.9 Å². The number of rotatable bonds is 5. The van der Waals surface area contributed by atoms with Gasteiger partial charge in [-0.2, -0.15) is 0 Å². The van der Waals surface area contributed by atoms with Crippen molar-refractivity contribution in [2.75, 3.05) is 19.7 Å². The molecule has 3 heterocycles. The SMILES string of the molecule is O=C(COc1ccccc1-c1ccccc1)N1CCC[C@H](c2nnc3ccccn23)C1. The molecule has 1 amide bonds. The van der Waals surface area contributed by atoms with Crippen LogP contribution in [0.4, 0.5) is 0 Å². The Hall–Kier alpha value is -3.67. The molecule has 5 rings (SSSR count). The van der Waals surface area contributed by atoms with Gasteiger partial charge in [-0.3, -0.25) is 9.20 Å². The number of hydrogen-bond acceptors (Lipinski definition) is 4. The van der Waals surface area contributed by atoms with Gasteiger partial charge in [0.1, 0.15) is 11.6 Å². The zero-order valence-corrected chi connectivity index (χ0v) is 17.2. The fourth-order valence-corrected chi connectivity index (χ4v) is 4.23. The molecule has 1 aliphatic rings. The molecule has 1 aliphatic heterocycles. The van der Waals surface area contributed by atoms with E-state index in [-0.39, 0.29) is 18.4 Å². The first-order valence-electron chi connectivity index (χ1n) is 10.6. The number of benzene rings is 2. The maximum atomic E-state index is 13.0. The minimum atomic E-state index is 0.00128. The van der Waals surface area contributed by atoms with Crippen LogP contribution in [0.2, 0.25) is 0 Å². The second-order valence-electron chi connectivity index (χ2n) is 7.82. The summed E-state index contributed by atoms with van der Waals surface area (Å²) in [6, 6.07) is 23.8. The van der Waals surface area contributed by atoms with Crippen molar-refractivity contribution in [1.82, 2.24) is 19.5 Å². The number of amides is 1. The van der Waals surface area contributed by atoms with Crippen LogP contribution in [0.3, 0.4) is 0 Å². The Bertz CT molecular complexity index is 1190. The Labute approximate surface area is 181 Å². The lowest BCUT2D eigenvalue weighted by molar-refractivity contribution is -0.134. The van der Waals surface area contributed by atoms with Crippen molar-refractivity contribution < 1.29 is 9.53 Å². The van der Waals surface area contributed by atoms with Crippen LogP contribution in [-0.2, 0) is 4.79 Å². The number of hydrogen-bond donors (Lipinski definition) is 0. The van der Waals surface area contributed by atoms with E-state index in [1.807, 2.05) is 88.3 Å². The third-order valence-electron chi connectivity index (χ3n) is 5.80. The lowest BCUT2D eigenvalue weighted by atomic mass is 9.97. The molecule has 156 valence electrons. The van der Waals surface area contributed by atoms with Crippen molar-refractivity contribution in [3.63, 3.8) is 0 Å². The minimum absolute atomic E-state index is 0.00128. The number of nitrogens with zero attached hydrogens (tertiary/aromatic N) is 4. The van der Waals surface area contributed by atoms with E-state index in [1.54, 1.807) is 0 Å². The fourth-order valence-electron chi connectivity index (χ4n) is 4.23. The van der Waals surface area contributed by atoms with Gasteiger partial charge in [-0.05, 0) is 36.6 Å². The normalized spacial score (nSPS) is 16.4. The molecule has 0 aliphatic carbocycles. The van der Waals surface area contributed by atoms with Gasteiger partial charge in [0.15, 0.2) is 12.3 Å². The molecule has 4 aromatic rings. The van der Waals surface area contributed by atoms with Gasteiger partial charge < -0.3 is 9.64 Å². The molecule has 2 aromatic carbocycles. The second-order valence-corrected chi connectivity index (χ2v) is 7.82. The van der Waals surface area contributed by atoms with E-state index < -0.39 is 0 Å². The van der Waals surface area contributed by atoms with Crippen LogP contribution in [-0.4, -0.2) is 45.1 Å². The Balaban J connectivity index is 1.27. The van der Waals surface area contributed by atoms with E-state index >= 15 is 0 Å². The third kappa shape index (κ3) is 4.01. The van der Waals surface area contributed by atoms with E-state index in [0.717, 1.165) is 47.7 Å². The zero-order valence-electron chi connectivity index (χ0n) is 17.2. The fraction of sp³-hybridized carbons (Fsp3) is 0.240. The van der Waals surface area contributed by atoms with Gasteiger partial charge >= 0.3 is 0 Å². The average Bonchev–Trinajstić information content (AvgIpc) is 3.28. The van der Waals surface area contributed by atoms with Gasteiger partial charge in [-0.15, -0.1) is 10.2 Å². The second kappa shape index (κ2) is 8.60. The highest BCUT2D eigenvalue weighted by Gasteiger charge is 2.28. The molecule has 0 radical (unpaired) electrons. The zero-order chi connectivity index (χ0) is 21.0. The molecule has 2 aromatic heterocycles. The first-order chi connectivity index (χ1) is 15.3. The number of aromatic nitrogens is 3. The van der Waals surface area contributed by atoms with Gasteiger partial charge in [0.25, 0.3) is 5.91 Å². The van der Waals surface area contributed by atoms with Crippen LogP contribution < -0.4 is 4.74 Å². The first kappa shape index (κ1) is 19.3. The predicted molar refractivity (Wildman–Crippen MR) is 119 cm³/mol. The van der Waals surface area contributed by atoms with Gasteiger partial charge in [-0.1, -0.05) is 54.6 Å².